The molecule has 1 heterocycles. The summed E-state index contributed by atoms with van der Waals surface area (Å²) in [4.78, 5) is 12.6. The predicted octanol–water partition coefficient (Wildman–Crippen LogP) is 4.14. The van der Waals surface area contributed by atoms with Crippen molar-refractivity contribution < 1.29 is 9.13 Å². The molecular formula is C21H20BrFN2O2. The van der Waals surface area contributed by atoms with Crippen LogP contribution >= 0.6 is 15.9 Å². The van der Waals surface area contributed by atoms with E-state index in [4.69, 9.17) is 10.5 Å². The number of nitrogens with two attached hydrogens (primary N) is 1. The maximum absolute atomic E-state index is 13.9. The molecule has 0 saturated heterocycles. The molecule has 2 aromatic carbocycles. The second-order valence-corrected chi connectivity index (χ2v) is 7.13. The standard InChI is InChI=1S/C21H20BrFN2O2/c1-14-5-6-17(18(23)9-14)13-27-19-7-8-25(21(26)20(19)22)12-16-4-2-3-15(10-16)11-24/h2-10H,11-13,24H2,1H3. The van der Waals surface area contributed by atoms with Gasteiger partial charge in [-0.3, -0.25) is 4.79 Å². The predicted molar refractivity (Wildman–Crippen MR) is 107 cm³/mol. The Hall–Kier alpha value is -2.44. The van der Waals surface area contributed by atoms with Gasteiger partial charge in [0.25, 0.3) is 5.56 Å². The first-order chi connectivity index (χ1) is 13.0. The Kier molecular flexibility index (Phi) is 6.08. The largest absolute Gasteiger partial charge is 0.487 e. The van der Waals surface area contributed by atoms with Crippen LogP contribution in [-0.2, 0) is 19.7 Å². The topological polar surface area (TPSA) is 57.2 Å². The van der Waals surface area contributed by atoms with E-state index in [9.17, 15) is 9.18 Å². The third-order valence-corrected chi connectivity index (χ3v) is 4.97. The van der Waals surface area contributed by atoms with Gasteiger partial charge in [-0.2, -0.15) is 0 Å². The number of benzene rings is 2. The van der Waals surface area contributed by atoms with Gasteiger partial charge in [0, 0.05) is 18.3 Å². The highest BCUT2D eigenvalue weighted by molar-refractivity contribution is 9.10. The van der Waals surface area contributed by atoms with Gasteiger partial charge in [0.2, 0.25) is 0 Å². The van der Waals surface area contributed by atoms with Crippen LogP contribution in [0.5, 0.6) is 5.75 Å². The molecule has 0 spiro atoms. The van der Waals surface area contributed by atoms with E-state index in [1.807, 2.05) is 37.3 Å². The minimum Gasteiger partial charge on any atom is -0.487 e. The molecule has 3 rings (SSSR count). The van der Waals surface area contributed by atoms with E-state index in [0.29, 0.717) is 28.9 Å². The highest BCUT2D eigenvalue weighted by Crippen LogP contribution is 2.22. The number of hydrogen-bond donors (Lipinski definition) is 1. The summed E-state index contributed by atoms with van der Waals surface area (Å²) >= 11 is 3.30. The number of halogens is 2. The molecule has 0 amide bonds. The molecule has 0 aliphatic carbocycles. The number of rotatable bonds is 6. The Balaban J connectivity index is 1.77. The van der Waals surface area contributed by atoms with Gasteiger partial charge in [0.15, 0.2) is 0 Å². The van der Waals surface area contributed by atoms with Crippen LogP contribution in [0.25, 0.3) is 0 Å². The summed E-state index contributed by atoms with van der Waals surface area (Å²) in [6, 6.07) is 14.5. The fraction of sp³-hybridized carbons (Fsp3) is 0.190. The number of hydrogen-bond acceptors (Lipinski definition) is 3. The number of ether oxygens (including phenoxy) is 1. The summed E-state index contributed by atoms with van der Waals surface area (Å²) in [6.45, 7) is 2.76. The molecule has 4 nitrogen and oxygen atoms in total. The first kappa shape index (κ1) is 19.3. The van der Waals surface area contributed by atoms with Crippen molar-refractivity contribution in [3.63, 3.8) is 0 Å². The second kappa shape index (κ2) is 8.50. The first-order valence-corrected chi connectivity index (χ1v) is 9.32. The zero-order valence-electron chi connectivity index (χ0n) is 14.9. The van der Waals surface area contributed by atoms with Gasteiger partial charge in [0.1, 0.15) is 22.6 Å². The van der Waals surface area contributed by atoms with E-state index in [0.717, 1.165) is 16.7 Å². The van der Waals surface area contributed by atoms with E-state index in [1.54, 1.807) is 22.9 Å². The molecule has 0 saturated carbocycles. The molecule has 0 aliphatic heterocycles. The number of nitrogens with zero attached hydrogens (tertiary/aromatic N) is 1. The van der Waals surface area contributed by atoms with Crippen molar-refractivity contribution in [2.24, 2.45) is 5.73 Å². The molecule has 3 aromatic rings. The quantitative estimate of drug-likeness (QED) is 0.638. The number of aryl methyl sites for hydroxylation is 1. The van der Waals surface area contributed by atoms with Gasteiger partial charge >= 0.3 is 0 Å². The zero-order valence-corrected chi connectivity index (χ0v) is 16.5. The first-order valence-electron chi connectivity index (χ1n) is 8.52. The van der Waals surface area contributed by atoms with Crippen LogP contribution in [0.1, 0.15) is 22.3 Å². The molecule has 6 heteroatoms. The highest BCUT2D eigenvalue weighted by atomic mass is 79.9. The van der Waals surface area contributed by atoms with Crippen molar-refractivity contribution in [2.45, 2.75) is 26.6 Å². The zero-order chi connectivity index (χ0) is 19.4. The molecule has 0 atom stereocenters. The molecular weight excluding hydrogens is 411 g/mol. The molecule has 140 valence electrons. The fourth-order valence-corrected chi connectivity index (χ4v) is 3.22. The van der Waals surface area contributed by atoms with Gasteiger partial charge in [-0.25, -0.2) is 4.39 Å². The van der Waals surface area contributed by atoms with Crippen molar-refractivity contribution in [1.82, 2.24) is 4.57 Å². The summed E-state index contributed by atoms with van der Waals surface area (Å²) in [6.07, 6.45) is 1.67. The van der Waals surface area contributed by atoms with Crippen LogP contribution < -0.4 is 16.0 Å². The lowest BCUT2D eigenvalue weighted by Crippen LogP contribution is -2.21. The van der Waals surface area contributed by atoms with Crippen LogP contribution in [0.3, 0.4) is 0 Å². The van der Waals surface area contributed by atoms with Crippen LogP contribution in [-0.4, -0.2) is 4.57 Å². The normalized spacial score (nSPS) is 10.8. The fourth-order valence-electron chi connectivity index (χ4n) is 2.74. The number of pyridine rings is 1. The Morgan fingerprint density at radius 3 is 2.67 bits per heavy atom. The van der Waals surface area contributed by atoms with Crippen molar-refractivity contribution in [1.29, 1.82) is 0 Å². The minimum absolute atomic E-state index is 0.0483. The molecule has 0 unspecified atom stereocenters. The Labute approximate surface area is 165 Å². The molecule has 0 bridgehead atoms. The molecule has 0 fully saturated rings. The summed E-state index contributed by atoms with van der Waals surface area (Å²) in [5.74, 6) is 0.0613. The molecule has 1 aromatic heterocycles. The van der Waals surface area contributed by atoms with Gasteiger partial charge in [-0.15, -0.1) is 0 Å². The van der Waals surface area contributed by atoms with Crippen LogP contribution in [0.4, 0.5) is 4.39 Å². The highest BCUT2D eigenvalue weighted by Gasteiger charge is 2.11. The average molecular weight is 431 g/mol. The van der Waals surface area contributed by atoms with E-state index in [2.05, 4.69) is 15.9 Å². The van der Waals surface area contributed by atoms with Crippen LogP contribution in [0.2, 0.25) is 0 Å². The van der Waals surface area contributed by atoms with Gasteiger partial charge in [-0.1, -0.05) is 36.4 Å². The van der Waals surface area contributed by atoms with Crippen LogP contribution in [0, 0.1) is 12.7 Å². The Morgan fingerprint density at radius 1 is 1.15 bits per heavy atom. The summed E-state index contributed by atoms with van der Waals surface area (Å²) < 4.78 is 21.5. The lowest BCUT2D eigenvalue weighted by atomic mass is 10.1. The Bertz CT molecular complexity index is 1020. The van der Waals surface area contributed by atoms with E-state index >= 15 is 0 Å². The third kappa shape index (κ3) is 4.64. The van der Waals surface area contributed by atoms with Gasteiger partial charge < -0.3 is 15.0 Å². The van der Waals surface area contributed by atoms with Gasteiger partial charge in [0.05, 0.1) is 6.54 Å². The van der Waals surface area contributed by atoms with E-state index in [-0.39, 0.29) is 18.0 Å². The Morgan fingerprint density at radius 2 is 1.93 bits per heavy atom. The van der Waals surface area contributed by atoms with E-state index < -0.39 is 0 Å². The van der Waals surface area contributed by atoms with Gasteiger partial charge in [-0.05, 0) is 51.7 Å². The minimum atomic E-state index is -0.320. The third-order valence-electron chi connectivity index (χ3n) is 4.24. The monoisotopic (exact) mass is 430 g/mol. The maximum atomic E-state index is 13.9. The SMILES string of the molecule is Cc1ccc(COc2ccn(Cc3cccc(CN)c3)c(=O)c2Br)c(F)c1. The summed E-state index contributed by atoms with van der Waals surface area (Å²) in [5, 5.41) is 0. The summed E-state index contributed by atoms with van der Waals surface area (Å²) in [7, 11) is 0. The number of aromatic nitrogens is 1. The van der Waals surface area contributed by atoms with Crippen molar-refractivity contribution in [3.8, 4) is 5.75 Å². The van der Waals surface area contributed by atoms with Crippen LogP contribution in [0.15, 0.2) is 64.0 Å². The second-order valence-electron chi connectivity index (χ2n) is 6.33. The molecule has 0 aliphatic rings. The molecule has 0 radical (unpaired) electrons. The summed E-state index contributed by atoms with van der Waals surface area (Å²) in [5.41, 5.74) is 8.74. The van der Waals surface area contributed by atoms with Crippen molar-refractivity contribution in [2.75, 3.05) is 0 Å². The molecule has 27 heavy (non-hydrogen) atoms. The smallest absolute Gasteiger partial charge is 0.268 e. The molecule has 2 N–H and O–H groups in total. The lowest BCUT2D eigenvalue weighted by molar-refractivity contribution is 0.296. The maximum Gasteiger partial charge on any atom is 0.268 e. The lowest BCUT2D eigenvalue weighted by Gasteiger charge is -2.12. The van der Waals surface area contributed by atoms with Crippen molar-refractivity contribution in [3.05, 3.63) is 97.6 Å². The van der Waals surface area contributed by atoms with E-state index in [1.165, 1.54) is 6.07 Å². The van der Waals surface area contributed by atoms with Crippen molar-refractivity contribution >= 4 is 15.9 Å². The average Bonchev–Trinajstić information content (AvgIpc) is 2.66.